The molecule has 0 amide bonds. The minimum absolute atomic E-state index is 0.0736. The number of hydrogen-bond donors (Lipinski definition) is 0. The molecule has 1 aromatic carbocycles. The van der Waals surface area contributed by atoms with E-state index < -0.39 is 11.8 Å². The SMILES string of the molecule is CCSCCOC(=O)C1C(C)=NC2=C(C(=O)CCC2)[C@H]1c1ccc2c(c1)OCO2. The molecule has 1 unspecified atom stereocenters. The van der Waals surface area contributed by atoms with Gasteiger partial charge in [0, 0.05) is 35.1 Å². The molecule has 0 spiro atoms. The molecule has 0 bridgehead atoms. The van der Waals surface area contributed by atoms with Crippen LogP contribution in [-0.4, -0.2) is 42.4 Å². The first-order chi connectivity index (χ1) is 14.1. The first-order valence-electron chi connectivity index (χ1n) is 10.1. The van der Waals surface area contributed by atoms with E-state index in [4.69, 9.17) is 14.2 Å². The number of thioether (sulfide) groups is 1. The summed E-state index contributed by atoms with van der Waals surface area (Å²) in [6.45, 7) is 4.46. The number of aliphatic imine (C=N–C) groups is 1. The molecule has 0 fully saturated rings. The Labute approximate surface area is 174 Å². The zero-order valence-electron chi connectivity index (χ0n) is 16.7. The summed E-state index contributed by atoms with van der Waals surface area (Å²) in [5.74, 6) is 1.78. The number of benzene rings is 1. The van der Waals surface area contributed by atoms with Gasteiger partial charge in [-0.1, -0.05) is 13.0 Å². The topological polar surface area (TPSA) is 74.2 Å². The quantitative estimate of drug-likeness (QED) is 0.518. The van der Waals surface area contributed by atoms with Gasteiger partial charge < -0.3 is 14.2 Å². The third-order valence-electron chi connectivity index (χ3n) is 5.52. The summed E-state index contributed by atoms with van der Waals surface area (Å²) in [6, 6.07) is 5.63. The Morgan fingerprint density at radius 3 is 2.93 bits per heavy atom. The van der Waals surface area contributed by atoms with Gasteiger partial charge in [-0.15, -0.1) is 0 Å². The van der Waals surface area contributed by atoms with E-state index in [0.717, 1.165) is 35.6 Å². The fourth-order valence-electron chi connectivity index (χ4n) is 4.21. The van der Waals surface area contributed by atoms with Crippen LogP contribution in [0.15, 0.2) is 34.5 Å². The normalized spacial score (nSPS) is 23.0. The van der Waals surface area contributed by atoms with Crippen LogP contribution in [0.1, 0.15) is 44.6 Å². The second-order valence-electron chi connectivity index (χ2n) is 7.32. The van der Waals surface area contributed by atoms with Gasteiger partial charge in [-0.3, -0.25) is 14.6 Å². The van der Waals surface area contributed by atoms with Gasteiger partial charge in [0.2, 0.25) is 6.79 Å². The van der Waals surface area contributed by atoms with Crippen molar-refractivity contribution in [1.82, 2.24) is 0 Å². The molecular formula is C22H25NO5S. The van der Waals surface area contributed by atoms with Gasteiger partial charge in [-0.2, -0.15) is 11.8 Å². The van der Waals surface area contributed by atoms with Crippen LogP contribution in [0.25, 0.3) is 0 Å². The monoisotopic (exact) mass is 415 g/mol. The molecule has 0 saturated carbocycles. The molecule has 4 rings (SSSR count). The van der Waals surface area contributed by atoms with Crippen LogP contribution in [0.2, 0.25) is 0 Å². The summed E-state index contributed by atoms with van der Waals surface area (Å²) in [6.07, 6.45) is 2.05. The van der Waals surface area contributed by atoms with Crippen LogP contribution in [0.4, 0.5) is 0 Å². The number of ketones is 1. The summed E-state index contributed by atoms with van der Waals surface area (Å²) < 4.78 is 16.5. The van der Waals surface area contributed by atoms with Gasteiger partial charge in [0.15, 0.2) is 17.3 Å². The van der Waals surface area contributed by atoms with E-state index in [1.54, 1.807) is 11.8 Å². The third-order valence-corrected chi connectivity index (χ3v) is 6.38. The maximum Gasteiger partial charge on any atom is 0.315 e. The van der Waals surface area contributed by atoms with Crippen LogP contribution >= 0.6 is 11.8 Å². The van der Waals surface area contributed by atoms with Crippen molar-refractivity contribution < 1.29 is 23.8 Å². The van der Waals surface area contributed by atoms with Crippen molar-refractivity contribution in [2.45, 2.75) is 39.0 Å². The Morgan fingerprint density at radius 1 is 1.28 bits per heavy atom. The Bertz CT molecular complexity index is 891. The van der Waals surface area contributed by atoms with Crippen molar-refractivity contribution in [3.63, 3.8) is 0 Å². The van der Waals surface area contributed by atoms with Gasteiger partial charge in [0.05, 0.1) is 0 Å². The summed E-state index contributed by atoms with van der Waals surface area (Å²) in [7, 11) is 0. The van der Waals surface area contributed by atoms with Crippen molar-refractivity contribution in [2.24, 2.45) is 10.9 Å². The number of allylic oxidation sites excluding steroid dienone is 2. The number of Topliss-reactive ketones (excluding diaryl/α,β-unsaturated/α-hetero) is 1. The fraction of sp³-hybridized carbons (Fsp3) is 0.500. The molecule has 3 aliphatic rings. The molecule has 2 atom stereocenters. The molecule has 154 valence electrons. The fourth-order valence-corrected chi connectivity index (χ4v) is 4.70. The first kappa shape index (κ1) is 20.0. The number of rotatable bonds is 6. The average molecular weight is 416 g/mol. The van der Waals surface area contributed by atoms with E-state index >= 15 is 0 Å². The molecule has 2 heterocycles. The van der Waals surface area contributed by atoms with Crippen LogP contribution in [0.5, 0.6) is 11.5 Å². The molecule has 1 aromatic rings. The van der Waals surface area contributed by atoms with E-state index in [1.807, 2.05) is 25.1 Å². The smallest absolute Gasteiger partial charge is 0.315 e. The Kier molecular flexibility index (Phi) is 5.94. The predicted octanol–water partition coefficient (Wildman–Crippen LogP) is 3.89. The standard InChI is InChI=1S/C22H25NO5S/c1-3-29-10-9-26-22(25)19-13(2)23-15-5-4-6-16(24)21(15)20(19)14-7-8-17-18(11-14)28-12-27-17/h7-8,11,19-20H,3-6,9-10,12H2,1-2H3/t19?,20-/m0/s1. The maximum atomic E-state index is 13.1. The van der Waals surface area contributed by atoms with Crippen molar-refractivity contribution in [1.29, 1.82) is 0 Å². The second-order valence-corrected chi connectivity index (χ2v) is 8.72. The molecule has 29 heavy (non-hydrogen) atoms. The lowest BCUT2D eigenvalue weighted by Crippen LogP contribution is -2.37. The number of fused-ring (bicyclic) bond motifs is 1. The zero-order chi connectivity index (χ0) is 20.4. The van der Waals surface area contributed by atoms with E-state index in [1.165, 1.54) is 0 Å². The Hall–Kier alpha value is -2.28. The van der Waals surface area contributed by atoms with Crippen LogP contribution in [0, 0.1) is 5.92 Å². The third kappa shape index (κ3) is 3.92. The van der Waals surface area contributed by atoms with Gasteiger partial charge in [-0.25, -0.2) is 0 Å². The predicted molar refractivity (Wildman–Crippen MR) is 112 cm³/mol. The molecule has 2 aliphatic heterocycles. The molecule has 1 aliphatic carbocycles. The highest BCUT2D eigenvalue weighted by Gasteiger charge is 2.43. The Balaban J connectivity index is 1.71. The minimum Gasteiger partial charge on any atom is -0.464 e. The van der Waals surface area contributed by atoms with Gasteiger partial charge in [0.25, 0.3) is 0 Å². The molecule has 0 saturated heterocycles. The zero-order valence-corrected chi connectivity index (χ0v) is 17.5. The summed E-state index contributed by atoms with van der Waals surface area (Å²) >= 11 is 1.73. The van der Waals surface area contributed by atoms with E-state index in [-0.39, 0.29) is 18.5 Å². The van der Waals surface area contributed by atoms with Crippen molar-refractivity contribution in [2.75, 3.05) is 24.9 Å². The second kappa shape index (κ2) is 8.61. The maximum absolute atomic E-state index is 13.1. The number of hydrogen-bond acceptors (Lipinski definition) is 7. The first-order valence-corrected chi connectivity index (χ1v) is 11.2. The molecular weight excluding hydrogens is 390 g/mol. The highest BCUT2D eigenvalue weighted by molar-refractivity contribution is 7.99. The lowest BCUT2D eigenvalue weighted by atomic mass is 9.71. The number of ether oxygens (including phenoxy) is 3. The number of carbonyl (C=O) groups is 2. The van der Waals surface area contributed by atoms with Gasteiger partial charge >= 0.3 is 5.97 Å². The molecule has 0 aromatic heterocycles. The highest BCUT2D eigenvalue weighted by Crippen LogP contribution is 2.45. The van der Waals surface area contributed by atoms with E-state index in [9.17, 15) is 9.59 Å². The van der Waals surface area contributed by atoms with Crippen molar-refractivity contribution >= 4 is 29.2 Å². The van der Waals surface area contributed by atoms with Crippen molar-refractivity contribution in [3.8, 4) is 11.5 Å². The highest BCUT2D eigenvalue weighted by atomic mass is 32.2. The number of esters is 1. The van der Waals surface area contributed by atoms with E-state index in [2.05, 4.69) is 11.9 Å². The van der Waals surface area contributed by atoms with Crippen LogP contribution in [-0.2, 0) is 14.3 Å². The summed E-state index contributed by atoms with van der Waals surface area (Å²) in [5.41, 5.74) is 3.03. The lowest BCUT2D eigenvalue weighted by Gasteiger charge is -2.34. The van der Waals surface area contributed by atoms with Crippen molar-refractivity contribution in [3.05, 3.63) is 35.0 Å². The lowest BCUT2D eigenvalue weighted by molar-refractivity contribution is -0.145. The summed E-state index contributed by atoms with van der Waals surface area (Å²) in [5, 5.41) is 0. The Morgan fingerprint density at radius 2 is 2.10 bits per heavy atom. The largest absolute Gasteiger partial charge is 0.464 e. The van der Waals surface area contributed by atoms with E-state index in [0.29, 0.717) is 35.8 Å². The van der Waals surface area contributed by atoms with Crippen LogP contribution < -0.4 is 9.47 Å². The summed E-state index contributed by atoms with van der Waals surface area (Å²) in [4.78, 5) is 30.6. The minimum atomic E-state index is -0.609. The molecule has 7 heteroatoms. The molecule has 0 radical (unpaired) electrons. The van der Waals surface area contributed by atoms with Crippen LogP contribution in [0.3, 0.4) is 0 Å². The van der Waals surface area contributed by atoms with Gasteiger partial charge in [0.1, 0.15) is 12.5 Å². The average Bonchev–Trinajstić information content (AvgIpc) is 3.18. The molecule has 0 N–H and O–H groups in total. The van der Waals surface area contributed by atoms with Gasteiger partial charge in [-0.05, 0) is 43.2 Å². The number of nitrogens with zero attached hydrogens (tertiary/aromatic N) is 1. The number of carbonyl (C=O) groups excluding carboxylic acids is 2. The molecule has 6 nitrogen and oxygen atoms in total.